The van der Waals surface area contributed by atoms with Crippen molar-refractivity contribution in [1.29, 1.82) is 0 Å². The lowest BCUT2D eigenvalue weighted by Crippen LogP contribution is -2.78. The van der Waals surface area contributed by atoms with Gasteiger partial charge in [-0.2, -0.15) is 0 Å². The number of carboxylic acids is 2. The number of aromatic hydroxyl groups is 1. The second-order valence-electron chi connectivity index (χ2n) is 14.7. The van der Waals surface area contributed by atoms with Gasteiger partial charge in [0.05, 0.1) is 17.1 Å². The van der Waals surface area contributed by atoms with Crippen molar-refractivity contribution in [3.63, 3.8) is 0 Å². The van der Waals surface area contributed by atoms with Crippen molar-refractivity contribution < 1.29 is 49.8 Å². The van der Waals surface area contributed by atoms with E-state index in [1.807, 2.05) is 0 Å². The first-order chi connectivity index (χ1) is 22.9. The maximum atomic E-state index is 13.8. The Kier molecular flexibility index (Phi) is 8.21. The predicted octanol–water partition coefficient (Wildman–Crippen LogP) is 1.60. The highest BCUT2D eigenvalue weighted by Gasteiger charge is 2.73. The number of hydrogen-bond donors (Lipinski definition) is 6. The zero-order valence-corrected chi connectivity index (χ0v) is 27.0. The molecule has 258 valence electrons. The van der Waals surface area contributed by atoms with Gasteiger partial charge in [-0.05, 0) is 87.9 Å². The summed E-state index contributed by atoms with van der Waals surface area (Å²) in [6, 6.07) is 12.3. The summed E-state index contributed by atoms with van der Waals surface area (Å²) >= 11 is 0. The Bertz CT molecular complexity index is 1590. The second-order valence-corrected chi connectivity index (χ2v) is 14.7. The number of nitrogens with zero attached hydrogens (tertiary/aromatic N) is 2. The van der Waals surface area contributed by atoms with Crippen LogP contribution in [0.15, 0.2) is 36.4 Å². The number of phenols is 1. The molecule has 3 heterocycles. The number of aliphatic hydroxyl groups is 3. The van der Waals surface area contributed by atoms with E-state index in [1.165, 1.54) is 29.5 Å². The van der Waals surface area contributed by atoms with Crippen LogP contribution in [-0.2, 0) is 32.6 Å². The molecule has 2 bridgehead atoms. The smallest absolute Gasteiger partial charge is 0.335 e. The van der Waals surface area contributed by atoms with Gasteiger partial charge in [0, 0.05) is 30.6 Å². The molecule has 3 aliphatic heterocycles. The average molecular weight is 665 g/mol. The van der Waals surface area contributed by atoms with Crippen LogP contribution in [0.1, 0.15) is 60.8 Å². The molecule has 0 radical (unpaired) electrons. The van der Waals surface area contributed by atoms with Crippen LogP contribution >= 0.6 is 0 Å². The van der Waals surface area contributed by atoms with Crippen LogP contribution in [0.25, 0.3) is 0 Å². The van der Waals surface area contributed by atoms with Crippen LogP contribution in [0.3, 0.4) is 0 Å². The molecule has 8 atom stereocenters. The van der Waals surface area contributed by atoms with E-state index in [-0.39, 0.29) is 35.8 Å². The van der Waals surface area contributed by atoms with Gasteiger partial charge in [-0.1, -0.05) is 35.9 Å². The quantitative estimate of drug-likeness (QED) is 0.241. The number of ether oxygens (including phenoxy) is 1. The fraction of sp³-hybridized carbons (Fsp3) is 0.583. The number of likely N-dealkylation sites (tertiary alicyclic amines) is 2. The number of aliphatic carboxylic acids is 2. The summed E-state index contributed by atoms with van der Waals surface area (Å²) in [6.45, 7) is 4.84. The molecular formula is C36H44N2O10. The number of carbonyl (C=O) groups is 3. The van der Waals surface area contributed by atoms with Gasteiger partial charge >= 0.3 is 11.9 Å². The molecule has 12 heteroatoms. The third-order valence-electron chi connectivity index (χ3n) is 11.9. The summed E-state index contributed by atoms with van der Waals surface area (Å²) in [5, 5.41) is 56.1. The van der Waals surface area contributed by atoms with Crippen molar-refractivity contribution in [3.05, 3.63) is 58.7 Å². The highest BCUT2D eigenvalue weighted by Crippen LogP contribution is 2.66. The number of carbonyl (C=O) groups excluding carboxylic acids is 1. The molecule has 8 rings (SSSR count). The zero-order chi connectivity index (χ0) is 34.1. The van der Waals surface area contributed by atoms with Gasteiger partial charge in [0.25, 0.3) is 0 Å². The third kappa shape index (κ3) is 5.15. The van der Waals surface area contributed by atoms with E-state index in [0.29, 0.717) is 12.2 Å². The van der Waals surface area contributed by atoms with E-state index in [2.05, 4.69) is 47.1 Å². The number of benzene rings is 2. The Labute approximate surface area is 278 Å². The summed E-state index contributed by atoms with van der Waals surface area (Å²) in [5.41, 5.74) is 3.22. The third-order valence-corrected chi connectivity index (χ3v) is 11.9. The van der Waals surface area contributed by atoms with Crippen molar-refractivity contribution in [1.82, 2.24) is 9.80 Å². The SMILES string of the molecule is Cc1ccc(CC2CCN([C@H]3CC[C@@]4(O)[C@H]5Cc6ccc(O)c7c6[C@@]4(CCN5CC4CC4)[C@H]3O7)C2=O)cc1.O=C(O)C(O)C(O)C(=O)O. The van der Waals surface area contributed by atoms with Crippen LogP contribution in [0.5, 0.6) is 11.5 Å². The van der Waals surface area contributed by atoms with Crippen molar-refractivity contribution in [2.75, 3.05) is 19.6 Å². The van der Waals surface area contributed by atoms with Gasteiger partial charge in [0.2, 0.25) is 5.91 Å². The second kappa shape index (κ2) is 12.0. The summed E-state index contributed by atoms with van der Waals surface area (Å²) < 4.78 is 6.72. The molecule has 3 unspecified atom stereocenters. The maximum absolute atomic E-state index is 13.8. The molecule has 3 aliphatic carbocycles. The maximum Gasteiger partial charge on any atom is 0.335 e. The molecule has 12 nitrogen and oxygen atoms in total. The van der Waals surface area contributed by atoms with Crippen molar-refractivity contribution in [3.8, 4) is 11.5 Å². The summed E-state index contributed by atoms with van der Waals surface area (Å²) in [4.78, 5) is 38.0. The molecule has 2 aromatic rings. The van der Waals surface area contributed by atoms with Crippen LogP contribution in [0, 0.1) is 18.8 Å². The first kappa shape index (κ1) is 32.8. The first-order valence-electron chi connectivity index (χ1n) is 17.0. The first-order valence-corrected chi connectivity index (χ1v) is 17.0. The number of aliphatic hydroxyl groups excluding tert-OH is 2. The molecule has 1 amide bonds. The topological polar surface area (TPSA) is 188 Å². The molecule has 2 saturated heterocycles. The molecule has 2 aromatic carbocycles. The Hall–Kier alpha value is -3.71. The van der Waals surface area contributed by atoms with E-state index in [0.717, 1.165) is 63.2 Å². The van der Waals surface area contributed by atoms with E-state index in [1.54, 1.807) is 6.07 Å². The summed E-state index contributed by atoms with van der Waals surface area (Å²) in [6.07, 6.45) is 2.40. The van der Waals surface area contributed by atoms with Gasteiger partial charge in [-0.3, -0.25) is 9.69 Å². The fourth-order valence-corrected chi connectivity index (χ4v) is 9.34. The number of piperidine rings is 1. The number of hydrogen-bond acceptors (Lipinski definition) is 9. The largest absolute Gasteiger partial charge is 0.504 e. The molecule has 6 aliphatic rings. The van der Waals surface area contributed by atoms with Gasteiger partial charge in [-0.25, -0.2) is 9.59 Å². The Morgan fingerprint density at radius 2 is 1.65 bits per heavy atom. The highest BCUT2D eigenvalue weighted by atomic mass is 16.5. The van der Waals surface area contributed by atoms with Gasteiger partial charge in [0.15, 0.2) is 23.7 Å². The van der Waals surface area contributed by atoms with Crippen LogP contribution in [0.4, 0.5) is 0 Å². The van der Waals surface area contributed by atoms with E-state index < -0.39 is 35.2 Å². The van der Waals surface area contributed by atoms with Gasteiger partial charge in [-0.15, -0.1) is 0 Å². The number of aryl methyl sites for hydroxylation is 1. The predicted molar refractivity (Wildman–Crippen MR) is 171 cm³/mol. The fourth-order valence-electron chi connectivity index (χ4n) is 9.34. The molecule has 6 N–H and O–H groups in total. The highest BCUT2D eigenvalue weighted by molar-refractivity contribution is 5.83. The minimum absolute atomic E-state index is 0.0109. The number of carboxylic acid groups (broad SMARTS) is 2. The molecule has 48 heavy (non-hydrogen) atoms. The van der Waals surface area contributed by atoms with Crippen molar-refractivity contribution >= 4 is 17.8 Å². The van der Waals surface area contributed by atoms with E-state index >= 15 is 0 Å². The molecular weight excluding hydrogens is 620 g/mol. The molecule has 2 saturated carbocycles. The lowest BCUT2D eigenvalue weighted by Gasteiger charge is -2.64. The van der Waals surface area contributed by atoms with Crippen LogP contribution in [-0.4, -0.2) is 114 Å². The van der Waals surface area contributed by atoms with Crippen molar-refractivity contribution in [2.45, 2.75) is 99.7 Å². The summed E-state index contributed by atoms with van der Waals surface area (Å²) in [5.74, 6) is -1.83. The molecule has 4 fully saturated rings. The Balaban J connectivity index is 0.000000320. The molecule has 1 spiro atoms. The Morgan fingerprint density at radius 1 is 0.958 bits per heavy atom. The summed E-state index contributed by atoms with van der Waals surface area (Å²) in [7, 11) is 0. The van der Waals surface area contributed by atoms with Gasteiger partial charge < -0.3 is 40.3 Å². The minimum Gasteiger partial charge on any atom is -0.504 e. The lowest BCUT2D eigenvalue weighted by atomic mass is 9.48. The standard InChI is InChI=1S/C32H38N2O4.C4H6O6/c1-19-2-4-20(5-3-19)16-23-11-14-34(30(23)36)24-10-12-32(37)26-17-22-8-9-25(35)28-27(22)31(32,29(24)38-28)13-15-33(26)18-21-6-7-21;5-1(3(7)8)2(6)4(9)10/h2-5,8-9,21,23-24,26,29,35,37H,6-7,10-18H2,1H3;1-2,5-6H,(H,7,8)(H,9,10)/t23?,24-,26+,29-,31-,32+;/m0./s1. The number of phenolic OH excluding ortho intramolecular Hbond substituents is 1. The minimum atomic E-state index is -2.27. The van der Waals surface area contributed by atoms with Crippen LogP contribution < -0.4 is 4.74 Å². The van der Waals surface area contributed by atoms with Gasteiger partial charge in [0.1, 0.15) is 6.10 Å². The zero-order valence-electron chi connectivity index (χ0n) is 27.0. The van der Waals surface area contributed by atoms with E-state index in [4.69, 9.17) is 25.2 Å². The average Bonchev–Trinajstić information content (AvgIpc) is 3.70. The van der Waals surface area contributed by atoms with E-state index in [9.17, 15) is 24.6 Å². The molecule has 0 aromatic heterocycles. The monoisotopic (exact) mass is 664 g/mol. The Morgan fingerprint density at radius 3 is 2.29 bits per heavy atom. The number of rotatable bonds is 8. The van der Waals surface area contributed by atoms with Crippen LogP contribution in [0.2, 0.25) is 0 Å². The number of amides is 1. The van der Waals surface area contributed by atoms with Crippen molar-refractivity contribution in [2.24, 2.45) is 11.8 Å². The normalized spacial score (nSPS) is 32.8. The lowest BCUT2D eigenvalue weighted by molar-refractivity contribution is -0.200.